The molecule has 8 heteroatoms. The molecule has 1 aromatic heterocycles. The fourth-order valence-electron chi connectivity index (χ4n) is 5.12. The molecule has 35 heavy (non-hydrogen) atoms. The van der Waals surface area contributed by atoms with Crippen LogP contribution >= 0.6 is 0 Å². The van der Waals surface area contributed by atoms with Crippen LogP contribution in [0.2, 0.25) is 0 Å². The van der Waals surface area contributed by atoms with Gasteiger partial charge < -0.3 is 13.9 Å². The molecule has 0 N–H and O–H groups in total. The number of benzene rings is 1. The summed E-state index contributed by atoms with van der Waals surface area (Å²) in [5.74, 6) is -0.253. The Balaban J connectivity index is 1.56. The maximum atomic E-state index is 15.5. The molecule has 1 unspecified atom stereocenters. The van der Waals surface area contributed by atoms with Gasteiger partial charge in [0.05, 0.1) is 12.6 Å². The van der Waals surface area contributed by atoms with E-state index < -0.39 is 11.4 Å². The molecular formula is C27H35FN4O2S. The fraction of sp³-hybridized carbons (Fsp3) is 0.481. The lowest BCUT2D eigenvalue weighted by molar-refractivity contribution is 0.0433. The molecule has 2 aliphatic heterocycles. The van der Waals surface area contributed by atoms with Gasteiger partial charge in [0.25, 0.3) is 0 Å². The zero-order valence-electron chi connectivity index (χ0n) is 20.6. The number of aromatic nitrogens is 3. The predicted octanol–water partition coefficient (Wildman–Crippen LogP) is 4.87. The first-order chi connectivity index (χ1) is 17.0. The average Bonchev–Trinajstić information content (AvgIpc) is 3.37. The summed E-state index contributed by atoms with van der Waals surface area (Å²) in [5.41, 5.74) is 2.26. The van der Waals surface area contributed by atoms with Gasteiger partial charge in [-0.05, 0) is 44.7 Å². The highest BCUT2D eigenvalue weighted by Gasteiger charge is 2.40. The van der Waals surface area contributed by atoms with Crippen molar-refractivity contribution in [3.05, 3.63) is 84.3 Å². The molecule has 2 aliphatic rings. The molecule has 188 valence electrons. The quantitative estimate of drug-likeness (QED) is 0.384. The van der Waals surface area contributed by atoms with Gasteiger partial charge in [0, 0.05) is 54.1 Å². The van der Waals surface area contributed by atoms with Crippen LogP contribution in [0.15, 0.2) is 67.3 Å². The van der Waals surface area contributed by atoms with Crippen LogP contribution < -0.4 is 0 Å². The van der Waals surface area contributed by atoms with E-state index in [1.165, 1.54) is 0 Å². The largest absolute Gasteiger partial charge is 0.597 e. The molecule has 3 heterocycles. The first-order valence-corrected chi connectivity index (χ1v) is 13.5. The third-order valence-electron chi connectivity index (χ3n) is 7.29. The van der Waals surface area contributed by atoms with Gasteiger partial charge in [0.1, 0.15) is 18.5 Å². The van der Waals surface area contributed by atoms with Crippen molar-refractivity contribution < 1.29 is 13.7 Å². The van der Waals surface area contributed by atoms with Crippen molar-refractivity contribution in [2.45, 2.75) is 69.3 Å². The summed E-state index contributed by atoms with van der Waals surface area (Å²) in [6.07, 6.45) is 14.4. The molecule has 3 atom stereocenters. The van der Waals surface area contributed by atoms with Gasteiger partial charge in [-0.1, -0.05) is 43.0 Å². The summed E-state index contributed by atoms with van der Waals surface area (Å²) < 4.78 is 38.6. The van der Waals surface area contributed by atoms with Crippen LogP contribution in [-0.4, -0.2) is 48.1 Å². The molecule has 2 fully saturated rings. The van der Waals surface area contributed by atoms with Crippen LogP contribution in [0.1, 0.15) is 50.7 Å². The minimum absolute atomic E-state index is 0.106. The molecule has 0 aliphatic carbocycles. The van der Waals surface area contributed by atoms with E-state index in [1.54, 1.807) is 24.8 Å². The van der Waals surface area contributed by atoms with Gasteiger partial charge in [-0.3, -0.25) is 0 Å². The molecule has 0 saturated carbocycles. The standard InChI is InChI=1S/C27H35FN4O2S/c1-4-6-7-22(5-2)26-11-8-21(3)32(35(26)33)17-23-9-10-24(16-25(23)28)27(12-14-34-15-13-27)18-31-19-29-30-20-31/h4-7,9-10,16,19-21,26H,2,8,11-15,17-18H2,1,3H3/b6-4-,22-7+/t21-,26+,35?/m0/s1. The van der Waals surface area contributed by atoms with E-state index >= 15 is 4.39 Å². The Morgan fingerprint density at radius 2 is 2.03 bits per heavy atom. The highest BCUT2D eigenvalue weighted by Crippen LogP contribution is 2.38. The maximum absolute atomic E-state index is 15.5. The second-order valence-electron chi connectivity index (χ2n) is 9.50. The molecule has 2 saturated heterocycles. The van der Waals surface area contributed by atoms with Crippen molar-refractivity contribution >= 4 is 11.4 Å². The van der Waals surface area contributed by atoms with Crippen LogP contribution in [0.5, 0.6) is 0 Å². The van der Waals surface area contributed by atoms with Crippen molar-refractivity contribution in [1.29, 1.82) is 0 Å². The Kier molecular flexibility index (Phi) is 8.59. The van der Waals surface area contributed by atoms with Gasteiger partial charge in [-0.25, -0.2) is 4.39 Å². The molecular weight excluding hydrogens is 463 g/mol. The third-order valence-corrected chi connectivity index (χ3v) is 9.24. The highest BCUT2D eigenvalue weighted by atomic mass is 32.2. The SMILES string of the molecule is C=C/C(=C\C=C/C)[C@H]1CC[C@H](C)N(Cc2ccc(C3(Cn4cnnc4)CCOCC3)cc2F)[S+]1[O-]. The topological polar surface area (TPSA) is 66.2 Å². The lowest BCUT2D eigenvalue weighted by Crippen LogP contribution is -2.48. The summed E-state index contributed by atoms with van der Waals surface area (Å²) in [6, 6.07) is 5.67. The van der Waals surface area contributed by atoms with Crippen molar-refractivity contribution in [3.8, 4) is 0 Å². The zero-order chi connectivity index (χ0) is 24.8. The number of hydrogen-bond donors (Lipinski definition) is 0. The number of rotatable bonds is 8. The van der Waals surface area contributed by atoms with Crippen molar-refractivity contribution in [2.75, 3.05) is 13.2 Å². The summed E-state index contributed by atoms with van der Waals surface area (Å²) in [4.78, 5) is 0. The van der Waals surface area contributed by atoms with E-state index in [9.17, 15) is 4.55 Å². The van der Waals surface area contributed by atoms with E-state index in [4.69, 9.17) is 4.74 Å². The van der Waals surface area contributed by atoms with Crippen LogP contribution in [0.4, 0.5) is 4.39 Å². The Bertz CT molecular complexity index is 1050. The van der Waals surface area contributed by atoms with E-state index in [2.05, 4.69) is 23.7 Å². The van der Waals surface area contributed by atoms with Gasteiger partial charge in [-0.15, -0.1) is 14.5 Å². The van der Waals surface area contributed by atoms with Crippen molar-refractivity contribution in [2.24, 2.45) is 0 Å². The van der Waals surface area contributed by atoms with Gasteiger partial charge in [0.2, 0.25) is 0 Å². The van der Waals surface area contributed by atoms with Gasteiger partial charge >= 0.3 is 0 Å². The zero-order valence-corrected chi connectivity index (χ0v) is 21.4. The van der Waals surface area contributed by atoms with Crippen LogP contribution in [0.3, 0.4) is 0 Å². The minimum atomic E-state index is -1.27. The lowest BCUT2D eigenvalue weighted by Gasteiger charge is -2.39. The number of hydrogen-bond acceptors (Lipinski definition) is 5. The number of allylic oxidation sites excluding steroid dienone is 4. The summed E-state index contributed by atoms with van der Waals surface area (Å²) in [7, 11) is 0. The van der Waals surface area contributed by atoms with Crippen LogP contribution in [-0.2, 0) is 34.6 Å². The summed E-state index contributed by atoms with van der Waals surface area (Å²) in [5, 5.41) is 7.72. The second-order valence-corrected chi connectivity index (χ2v) is 11.1. The predicted molar refractivity (Wildman–Crippen MR) is 137 cm³/mol. The molecule has 2 aromatic rings. The van der Waals surface area contributed by atoms with E-state index in [0.29, 0.717) is 31.9 Å². The number of nitrogens with zero attached hydrogens (tertiary/aromatic N) is 4. The average molecular weight is 499 g/mol. The molecule has 1 aromatic carbocycles. The molecule has 0 radical (unpaired) electrons. The smallest absolute Gasteiger partial charge is 0.160 e. The second kappa shape index (κ2) is 11.6. The molecule has 0 bridgehead atoms. The number of halogens is 1. The maximum Gasteiger partial charge on any atom is 0.160 e. The van der Waals surface area contributed by atoms with Crippen molar-refractivity contribution in [1.82, 2.24) is 19.1 Å². The molecule has 4 rings (SSSR count). The Morgan fingerprint density at radius 3 is 2.69 bits per heavy atom. The minimum Gasteiger partial charge on any atom is -0.597 e. The van der Waals surface area contributed by atoms with Crippen LogP contribution in [0, 0.1) is 5.82 Å². The molecule has 0 amide bonds. The van der Waals surface area contributed by atoms with E-state index in [0.717, 1.165) is 36.8 Å². The summed E-state index contributed by atoms with van der Waals surface area (Å²) in [6.45, 7) is 10.2. The molecule has 0 spiro atoms. The summed E-state index contributed by atoms with van der Waals surface area (Å²) >= 11 is -1.27. The first-order valence-electron chi connectivity index (χ1n) is 12.3. The third kappa shape index (κ3) is 5.77. The fourth-order valence-corrected chi connectivity index (χ4v) is 6.92. The van der Waals surface area contributed by atoms with Gasteiger partial charge in [0.15, 0.2) is 5.25 Å². The Labute approximate surface area is 210 Å². The monoisotopic (exact) mass is 498 g/mol. The number of ether oxygens (including phenoxy) is 1. The normalized spacial score (nSPS) is 25.7. The Morgan fingerprint density at radius 1 is 1.29 bits per heavy atom. The van der Waals surface area contributed by atoms with E-state index in [-0.39, 0.29) is 22.5 Å². The van der Waals surface area contributed by atoms with Gasteiger partial charge in [-0.2, -0.15) is 0 Å². The van der Waals surface area contributed by atoms with Crippen molar-refractivity contribution in [3.63, 3.8) is 0 Å². The first kappa shape index (κ1) is 25.8. The Hall–Kier alpha value is -2.26. The highest BCUT2D eigenvalue weighted by molar-refractivity contribution is 7.90. The lowest BCUT2D eigenvalue weighted by atomic mass is 9.73. The van der Waals surface area contributed by atoms with E-state index in [1.807, 2.05) is 46.2 Å². The van der Waals surface area contributed by atoms with Crippen LogP contribution in [0.25, 0.3) is 0 Å². The molecule has 6 nitrogen and oxygen atoms in total.